The van der Waals surface area contributed by atoms with E-state index in [9.17, 15) is 0 Å². The molecule has 2 aliphatic carbocycles. The van der Waals surface area contributed by atoms with E-state index in [1.54, 1.807) is 0 Å². The first-order valence-corrected chi connectivity index (χ1v) is 6.24. The highest BCUT2D eigenvalue weighted by Crippen LogP contribution is 2.47. The summed E-state index contributed by atoms with van der Waals surface area (Å²) < 4.78 is 6.02. The van der Waals surface area contributed by atoms with Crippen LogP contribution in [0.5, 0.6) is 5.75 Å². The van der Waals surface area contributed by atoms with E-state index in [0.29, 0.717) is 6.10 Å². The van der Waals surface area contributed by atoms with Crippen molar-refractivity contribution in [2.45, 2.75) is 50.7 Å². The van der Waals surface area contributed by atoms with Crippen LogP contribution in [0.1, 0.15) is 43.2 Å². The minimum atomic E-state index is -0.0922. The number of ether oxygens (including phenoxy) is 1. The molecule has 2 heteroatoms. The Bertz CT molecular complexity index is 405. The van der Waals surface area contributed by atoms with Crippen molar-refractivity contribution < 1.29 is 4.74 Å². The van der Waals surface area contributed by atoms with Gasteiger partial charge in [-0.25, -0.2) is 0 Å². The van der Waals surface area contributed by atoms with Gasteiger partial charge >= 0.3 is 0 Å². The highest BCUT2D eigenvalue weighted by molar-refractivity contribution is 5.44. The fourth-order valence-electron chi connectivity index (χ4n) is 2.21. The van der Waals surface area contributed by atoms with Crippen molar-refractivity contribution in [1.82, 2.24) is 0 Å². The van der Waals surface area contributed by atoms with Crippen molar-refractivity contribution in [3.8, 4) is 5.75 Å². The normalized spacial score (nSPS) is 22.6. The maximum atomic E-state index is 6.29. The van der Waals surface area contributed by atoms with Gasteiger partial charge in [-0.1, -0.05) is 17.7 Å². The van der Waals surface area contributed by atoms with Crippen molar-refractivity contribution >= 4 is 0 Å². The molecule has 2 aliphatic rings. The van der Waals surface area contributed by atoms with E-state index in [2.05, 4.69) is 25.1 Å². The van der Waals surface area contributed by atoms with Crippen molar-refractivity contribution in [3.63, 3.8) is 0 Å². The van der Waals surface area contributed by atoms with Crippen LogP contribution in [0.2, 0.25) is 0 Å². The molecule has 1 aromatic carbocycles. The summed E-state index contributed by atoms with van der Waals surface area (Å²) in [5.74, 6) is 1.02. The quantitative estimate of drug-likeness (QED) is 0.845. The Morgan fingerprint density at radius 1 is 1.31 bits per heavy atom. The lowest BCUT2D eigenvalue weighted by Gasteiger charge is -2.28. The molecule has 86 valence electrons. The first-order chi connectivity index (χ1) is 7.67. The van der Waals surface area contributed by atoms with E-state index >= 15 is 0 Å². The predicted octanol–water partition coefficient (Wildman–Crippen LogP) is 2.87. The van der Waals surface area contributed by atoms with Crippen molar-refractivity contribution in [2.24, 2.45) is 5.73 Å². The molecule has 2 saturated carbocycles. The molecule has 0 heterocycles. The molecule has 0 amide bonds. The van der Waals surface area contributed by atoms with Gasteiger partial charge in [0.2, 0.25) is 0 Å². The minimum absolute atomic E-state index is 0.0922. The summed E-state index contributed by atoms with van der Waals surface area (Å²) in [6.45, 7) is 2.11. The van der Waals surface area contributed by atoms with Crippen LogP contribution in [-0.2, 0) is 5.54 Å². The Labute approximate surface area is 96.8 Å². The first kappa shape index (κ1) is 10.2. The van der Waals surface area contributed by atoms with Crippen molar-refractivity contribution in [1.29, 1.82) is 0 Å². The van der Waals surface area contributed by atoms with E-state index in [1.807, 2.05) is 0 Å². The highest BCUT2D eigenvalue weighted by atomic mass is 16.5. The molecular weight excluding hydrogens is 198 g/mol. The highest BCUT2D eigenvalue weighted by Gasteiger charge is 2.42. The predicted molar refractivity (Wildman–Crippen MR) is 64.5 cm³/mol. The van der Waals surface area contributed by atoms with E-state index in [0.717, 1.165) is 18.6 Å². The molecule has 0 aromatic heterocycles. The fraction of sp³-hybridized carbons (Fsp3) is 0.571. The Morgan fingerprint density at radius 2 is 2.06 bits per heavy atom. The maximum absolute atomic E-state index is 6.29. The van der Waals surface area contributed by atoms with Gasteiger partial charge in [-0.2, -0.15) is 0 Å². The summed E-state index contributed by atoms with van der Waals surface area (Å²) in [6, 6.07) is 6.40. The minimum Gasteiger partial charge on any atom is -0.490 e. The Kier molecular flexibility index (Phi) is 2.21. The average Bonchev–Trinajstić information content (AvgIpc) is 2.93. The van der Waals surface area contributed by atoms with Gasteiger partial charge in [-0.15, -0.1) is 0 Å². The summed E-state index contributed by atoms with van der Waals surface area (Å²) in [4.78, 5) is 0. The van der Waals surface area contributed by atoms with Crippen molar-refractivity contribution in [3.05, 3.63) is 29.3 Å². The molecule has 2 fully saturated rings. The van der Waals surface area contributed by atoms with Gasteiger partial charge in [0.15, 0.2) is 0 Å². The van der Waals surface area contributed by atoms with Gasteiger partial charge in [0.25, 0.3) is 0 Å². The molecule has 0 bridgehead atoms. The van der Waals surface area contributed by atoms with Gasteiger partial charge in [0, 0.05) is 11.1 Å². The second kappa shape index (κ2) is 3.49. The van der Waals surface area contributed by atoms with E-state index < -0.39 is 0 Å². The number of aryl methyl sites for hydroxylation is 1. The number of hydrogen-bond acceptors (Lipinski definition) is 2. The monoisotopic (exact) mass is 217 g/mol. The third-order valence-corrected chi connectivity index (χ3v) is 3.81. The number of benzene rings is 1. The van der Waals surface area contributed by atoms with Crippen LogP contribution in [-0.4, -0.2) is 6.10 Å². The van der Waals surface area contributed by atoms with Gasteiger partial charge in [-0.3, -0.25) is 0 Å². The summed E-state index contributed by atoms with van der Waals surface area (Å²) in [5.41, 5.74) is 8.69. The number of hydrogen-bond donors (Lipinski definition) is 1. The molecule has 3 rings (SSSR count). The van der Waals surface area contributed by atoms with Crippen LogP contribution in [0, 0.1) is 6.92 Å². The lowest BCUT2D eigenvalue weighted by Crippen LogP contribution is -2.27. The lowest BCUT2D eigenvalue weighted by atomic mass is 9.95. The van der Waals surface area contributed by atoms with E-state index in [-0.39, 0.29) is 5.54 Å². The summed E-state index contributed by atoms with van der Waals surface area (Å²) >= 11 is 0. The third-order valence-electron chi connectivity index (χ3n) is 3.81. The van der Waals surface area contributed by atoms with Crippen LogP contribution in [0.15, 0.2) is 18.2 Å². The number of rotatable bonds is 3. The van der Waals surface area contributed by atoms with Gasteiger partial charge < -0.3 is 10.5 Å². The lowest BCUT2D eigenvalue weighted by molar-refractivity contribution is 0.118. The third kappa shape index (κ3) is 1.71. The molecule has 1 aromatic rings. The fourth-order valence-corrected chi connectivity index (χ4v) is 2.21. The Hall–Kier alpha value is -1.02. The molecule has 0 unspecified atom stereocenters. The van der Waals surface area contributed by atoms with Crippen LogP contribution in [0.25, 0.3) is 0 Å². The molecule has 16 heavy (non-hydrogen) atoms. The van der Waals surface area contributed by atoms with Gasteiger partial charge in [0.1, 0.15) is 5.75 Å². The molecule has 0 spiro atoms. The van der Waals surface area contributed by atoms with Crippen LogP contribution in [0.4, 0.5) is 0 Å². The van der Waals surface area contributed by atoms with E-state index in [4.69, 9.17) is 10.5 Å². The largest absolute Gasteiger partial charge is 0.490 e. The number of nitrogens with two attached hydrogens (primary N) is 1. The standard InChI is InChI=1S/C14H19NO/c1-10-5-6-13(16-11-3-2-4-11)12(9-10)14(15)7-8-14/h5-6,9,11H,2-4,7-8,15H2,1H3. The summed E-state index contributed by atoms with van der Waals surface area (Å²) in [6.07, 6.45) is 6.33. The second-order valence-corrected chi connectivity index (χ2v) is 5.33. The zero-order valence-electron chi connectivity index (χ0n) is 9.83. The molecule has 0 saturated heterocycles. The average molecular weight is 217 g/mol. The summed E-state index contributed by atoms with van der Waals surface area (Å²) in [7, 11) is 0. The molecular formula is C14H19NO. The zero-order valence-corrected chi connectivity index (χ0v) is 9.83. The van der Waals surface area contributed by atoms with Gasteiger partial charge in [0.05, 0.1) is 6.10 Å². The molecule has 0 radical (unpaired) electrons. The molecule has 2 nitrogen and oxygen atoms in total. The Balaban J connectivity index is 1.89. The summed E-state index contributed by atoms with van der Waals surface area (Å²) in [5, 5.41) is 0. The van der Waals surface area contributed by atoms with Crippen LogP contribution >= 0.6 is 0 Å². The smallest absolute Gasteiger partial charge is 0.124 e. The molecule has 2 N–H and O–H groups in total. The first-order valence-electron chi connectivity index (χ1n) is 6.24. The van der Waals surface area contributed by atoms with E-state index in [1.165, 1.54) is 30.4 Å². The SMILES string of the molecule is Cc1ccc(OC2CCC2)c(C2(N)CC2)c1. The van der Waals surface area contributed by atoms with Crippen molar-refractivity contribution in [2.75, 3.05) is 0 Å². The molecule has 0 aliphatic heterocycles. The van der Waals surface area contributed by atoms with Gasteiger partial charge in [-0.05, 0) is 45.1 Å². The Morgan fingerprint density at radius 3 is 2.62 bits per heavy atom. The van der Waals surface area contributed by atoms with Crippen LogP contribution in [0.3, 0.4) is 0 Å². The maximum Gasteiger partial charge on any atom is 0.124 e. The van der Waals surface area contributed by atoms with Crippen LogP contribution < -0.4 is 10.5 Å². The topological polar surface area (TPSA) is 35.2 Å². The second-order valence-electron chi connectivity index (χ2n) is 5.33. The zero-order chi connectivity index (χ0) is 11.2. The molecule has 0 atom stereocenters.